The molecular formula is C20H25BrO2. The lowest BCUT2D eigenvalue weighted by atomic mass is 9.85. The van der Waals surface area contributed by atoms with Crippen molar-refractivity contribution >= 4 is 15.9 Å². The van der Waals surface area contributed by atoms with Crippen LogP contribution in [0, 0.1) is 0 Å². The van der Waals surface area contributed by atoms with Gasteiger partial charge in [0.15, 0.2) is 0 Å². The van der Waals surface area contributed by atoms with Crippen LogP contribution < -0.4 is 4.74 Å². The van der Waals surface area contributed by atoms with Gasteiger partial charge in [0.05, 0.1) is 19.3 Å². The van der Waals surface area contributed by atoms with Gasteiger partial charge in [0.2, 0.25) is 0 Å². The molecule has 23 heavy (non-hydrogen) atoms. The summed E-state index contributed by atoms with van der Waals surface area (Å²) in [6.45, 7) is 9.76. The molecule has 2 aromatic carbocycles. The Morgan fingerprint density at radius 3 is 2.35 bits per heavy atom. The monoisotopic (exact) mass is 376 g/mol. The maximum atomic E-state index is 5.94. The van der Waals surface area contributed by atoms with Gasteiger partial charge in [-0.25, -0.2) is 0 Å². The fourth-order valence-corrected chi connectivity index (χ4v) is 2.84. The third-order valence-electron chi connectivity index (χ3n) is 3.63. The molecule has 0 saturated carbocycles. The zero-order valence-electron chi connectivity index (χ0n) is 14.3. The molecule has 0 aliphatic rings. The Morgan fingerprint density at radius 2 is 1.74 bits per heavy atom. The van der Waals surface area contributed by atoms with Crippen molar-refractivity contribution in [1.29, 1.82) is 0 Å². The molecule has 124 valence electrons. The van der Waals surface area contributed by atoms with Crippen molar-refractivity contribution in [2.24, 2.45) is 0 Å². The lowest BCUT2D eigenvalue weighted by Gasteiger charge is -2.25. The molecule has 2 rings (SSSR count). The molecule has 0 radical (unpaired) electrons. The average molecular weight is 377 g/mol. The van der Waals surface area contributed by atoms with Gasteiger partial charge in [0, 0.05) is 9.89 Å². The van der Waals surface area contributed by atoms with Gasteiger partial charge in [-0.15, -0.1) is 0 Å². The minimum absolute atomic E-state index is 0.0393. The zero-order chi connectivity index (χ0) is 16.9. The molecule has 2 aromatic rings. The summed E-state index contributed by atoms with van der Waals surface area (Å²) < 4.78 is 12.7. The average Bonchev–Trinajstić information content (AvgIpc) is 2.47. The van der Waals surface area contributed by atoms with E-state index in [1.165, 1.54) is 11.1 Å². The first kappa shape index (κ1) is 18.0. The quantitative estimate of drug-likeness (QED) is 0.613. The SMILES string of the molecule is CC(C)Oc1ccc(C(C)(C)COCc2cccc(Br)c2)cc1. The molecule has 0 aliphatic carbocycles. The summed E-state index contributed by atoms with van der Waals surface area (Å²) in [5, 5.41) is 0. The molecule has 0 fully saturated rings. The van der Waals surface area contributed by atoms with Crippen LogP contribution in [0.3, 0.4) is 0 Å². The highest BCUT2D eigenvalue weighted by molar-refractivity contribution is 9.10. The normalized spacial score (nSPS) is 11.7. The number of ether oxygens (including phenoxy) is 2. The highest BCUT2D eigenvalue weighted by Crippen LogP contribution is 2.26. The second-order valence-corrected chi connectivity index (χ2v) is 7.61. The Hall–Kier alpha value is -1.32. The van der Waals surface area contributed by atoms with E-state index in [2.05, 4.69) is 54.0 Å². The molecule has 0 unspecified atom stereocenters. The summed E-state index contributed by atoms with van der Waals surface area (Å²) in [6.07, 6.45) is 0.197. The van der Waals surface area contributed by atoms with Gasteiger partial charge in [0.25, 0.3) is 0 Å². The first-order valence-electron chi connectivity index (χ1n) is 7.96. The fraction of sp³-hybridized carbons (Fsp3) is 0.400. The molecule has 0 spiro atoms. The Labute approximate surface area is 148 Å². The summed E-state index contributed by atoms with van der Waals surface area (Å²) in [6, 6.07) is 16.5. The lowest BCUT2D eigenvalue weighted by molar-refractivity contribution is 0.0824. The maximum absolute atomic E-state index is 5.94. The van der Waals surface area contributed by atoms with Crippen molar-refractivity contribution in [2.45, 2.75) is 45.8 Å². The number of benzene rings is 2. The van der Waals surface area contributed by atoms with Gasteiger partial charge in [-0.05, 0) is 49.2 Å². The summed E-state index contributed by atoms with van der Waals surface area (Å²) in [5.41, 5.74) is 2.39. The molecule has 0 heterocycles. The predicted molar refractivity (Wildman–Crippen MR) is 99.0 cm³/mol. The standard InChI is InChI=1S/C20H25BrO2/c1-15(2)23-19-10-8-17(9-11-19)20(3,4)14-22-13-16-6-5-7-18(21)12-16/h5-12,15H,13-14H2,1-4H3. The number of hydrogen-bond acceptors (Lipinski definition) is 2. The van der Waals surface area contributed by atoms with Crippen LogP contribution in [0.25, 0.3) is 0 Å². The van der Waals surface area contributed by atoms with E-state index >= 15 is 0 Å². The van der Waals surface area contributed by atoms with E-state index in [1.54, 1.807) is 0 Å². The van der Waals surface area contributed by atoms with Crippen LogP contribution in [0.2, 0.25) is 0 Å². The Morgan fingerprint density at radius 1 is 1.04 bits per heavy atom. The molecule has 0 aliphatic heterocycles. The van der Waals surface area contributed by atoms with Gasteiger partial charge in [-0.2, -0.15) is 0 Å². The van der Waals surface area contributed by atoms with E-state index in [9.17, 15) is 0 Å². The molecular weight excluding hydrogens is 352 g/mol. The van der Waals surface area contributed by atoms with Crippen LogP contribution >= 0.6 is 15.9 Å². The van der Waals surface area contributed by atoms with E-state index in [4.69, 9.17) is 9.47 Å². The van der Waals surface area contributed by atoms with E-state index < -0.39 is 0 Å². The van der Waals surface area contributed by atoms with Crippen LogP contribution in [0.1, 0.15) is 38.8 Å². The van der Waals surface area contributed by atoms with Gasteiger partial charge >= 0.3 is 0 Å². The second-order valence-electron chi connectivity index (χ2n) is 6.70. The van der Waals surface area contributed by atoms with Crippen molar-refractivity contribution in [3.8, 4) is 5.75 Å². The molecule has 0 atom stereocenters. The first-order valence-corrected chi connectivity index (χ1v) is 8.75. The minimum atomic E-state index is -0.0393. The number of rotatable bonds is 7. The van der Waals surface area contributed by atoms with Crippen molar-refractivity contribution < 1.29 is 9.47 Å². The van der Waals surface area contributed by atoms with Gasteiger partial charge in [-0.1, -0.05) is 54.0 Å². The van der Waals surface area contributed by atoms with Crippen LogP contribution in [-0.4, -0.2) is 12.7 Å². The van der Waals surface area contributed by atoms with Crippen LogP contribution in [0.15, 0.2) is 53.0 Å². The highest BCUT2D eigenvalue weighted by atomic mass is 79.9. The summed E-state index contributed by atoms with van der Waals surface area (Å²) in [4.78, 5) is 0. The largest absolute Gasteiger partial charge is 0.491 e. The first-order chi connectivity index (χ1) is 10.9. The second kappa shape index (κ2) is 7.98. The Kier molecular flexibility index (Phi) is 6.25. The van der Waals surface area contributed by atoms with E-state index in [1.807, 2.05) is 38.1 Å². The fourth-order valence-electron chi connectivity index (χ4n) is 2.39. The lowest BCUT2D eigenvalue weighted by Crippen LogP contribution is -2.24. The van der Waals surface area contributed by atoms with Crippen LogP contribution in [0.5, 0.6) is 5.75 Å². The summed E-state index contributed by atoms with van der Waals surface area (Å²) >= 11 is 3.49. The van der Waals surface area contributed by atoms with Crippen LogP contribution in [-0.2, 0) is 16.8 Å². The molecule has 0 bridgehead atoms. The van der Waals surface area contributed by atoms with Gasteiger partial charge in [0.1, 0.15) is 5.75 Å². The Bertz CT molecular complexity index is 618. The van der Waals surface area contributed by atoms with Crippen molar-refractivity contribution in [3.63, 3.8) is 0 Å². The molecule has 0 amide bonds. The minimum Gasteiger partial charge on any atom is -0.491 e. The predicted octanol–water partition coefficient (Wildman–Crippen LogP) is 5.73. The number of hydrogen-bond donors (Lipinski definition) is 0. The van der Waals surface area contributed by atoms with Crippen molar-refractivity contribution in [2.75, 3.05) is 6.61 Å². The smallest absolute Gasteiger partial charge is 0.119 e. The van der Waals surface area contributed by atoms with E-state index in [-0.39, 0.29) is 11.5 Å². The van der Waals surface area contributed by atoms with Gasteiger partial charge < -0.3 is 9.47 Å². The molecule has 0 saturated heterocycles. The molecule has 2 nitrogen and oxygen atoms in total. The van der Waals surface area contributed by atoms with Gasteiger partial charge in [-0.3, -0.25) is 0 Å². The van der Waals surface area contributed by atoms with Crippen molar-refractivity contribution in [1.82, 2.24) is 0 Å². The molecule has 3 heteroatoms. The topological polar surface area (TPSA) is 18.5 Å². The van der Waals surface area contributed by atoms with E-state index in [0.29, 0.717) is 13.2 Å². The molecule has 0 aromatic heterocycles. The highest BCUT2D eigenvalue weighted by Gasteiger charge is 2.21. The van der Waals surface area contributed by atoms with Crippen LogP contribution in [0.4, 0.5) is 0 Å². The molecule has 0 N–H and O–H groups in total. The maximum Gasteiger partial charge on any atom is 0.119 e. The summed E-state index contributed by atoms with van der Waals surface area (Å²) in [5.74, 6) is 0.912. The van der Waals surface area contributed by atoms with E-state index in [0.717, 1.165) is 10.2 Å². The summed E-state index contributed by atoms with van der Waals surface area (Å²) in [7, 11) is 0. The van der Waals surface area contributed by atoms with Crippen molar-refractivity contribution in [3.05, 3.63) is 64.1 Å². The number of halogens is 1. The zero-order valence-corrected chi connectivity index (χ0v) is 15.9. The Balaban J connectivity index is 1.92. The third kappa shape index (κ3) is 5.67. The third-order valence-corrected chi connectivity index (χ3v) is 4.12.